The van der Waals surface area contributed by atoms with Crippen LogP contribution in [-0.4, -0.2) is 25.3 Å². The van der Waals surface area contributed by atoms with Crippen molar-refractivity contribution in [2.24, 2.45) is 0 Å². The summed E-state index contributed by atoms with van der Waals surface area (Å²) in [6, 6.07) is 1.31. The van der Waals surface area contributed by atoms with Crippen molar-refractivity contribution in [1.82, 2.24) is 0 Å². The number of carbonyl (C=O) groups is 1. The quantitative estimate of drug-likeness (QED) is 0.822. The van der Waals surface area contributed by atoms with Crippen LogP contribution < -0.4 is 15.2 Å². The maximum Gasteiger partial charge on any atom is 0.339 e. The number of hydrogen-bond acceptors (Lipinski definition) is 4. The Balaban J connectivity index is 3.54. The molecule has 0 saturated heterocycles. The molecule has 0 aromatic heterocycles. The standard InChI is InChI=1S/C9H10BrNO4/c1-14-7-4(9(12)13)3-5(11)6(10)8(7)15-2/h3H,11H2,1-2H3,(H,12,13). The molecule has 0 radical (unpaired) electrons. The first-order valence-electron chi connectivity index (χ1n) is 3.96. The van der Waals surface area contributed by atoms with Crippen LogP contribution in [0, 0.1) is 0 Å². The third-order valence-electron chi connectivity index (χ3n) is 1.84. The number of nitrogen functional groups attached to an aromatic ring is 1. The van der Waals surface area contributed by atoms with Gasteiger partial charge >= 0.3 is 5.97 Å². The molecule has 0 amide bonds. The Morgan fingerprint density at radius 3 is 2.33 bits per heavy atom. The van der Waals surface area contributed by atoms with Gasteiger partial charge in [0.05, 0.1) is 24.4 Å². The third kappa shape index (κ3) is 1.99. The minimum atomic E-state index is -1.12. The highest BCUT2D eigenvalue weighted by Crippen LogP contribution is 2.41. The number of anilines is 1. The van der Waals surface area contributed by atoms with Crippen LogP contribution in [-0.2, 0) is 0 Å². The summed E-state index contributed by atoms with van der Waals surface area (Å²) in [6.45, 7) is 0. The summed E-state index contributed by atoms with van der Waals surface area (Å²) >= 11 is 3.19. The van der Waals surface area contributed by atoms with Crippen molar-refractivity contribution in [1.29, 1.82) is 0 Å². The van der Waals surface area contributed by atoms with Gasteiger partial charge in [0.15, 0.2) is 11.5 Å². The van der Waals surface area contributed by atoms with Crippen molar-refractivity contribution in [2.45, 2.75) is 0 Å². The molecule has 0 aliphatic rings. The molecular formula is C9H10BrNO4. The molecule has 0 heterocycles. The molecule has 1 rings (SSSR count). The van der Waals surface area contributed by atoms with Crippen molar-refractivity contribution in [3.63, 3.8) is 0 Å². The van der Waals surface area contributed by atoms with Gasteiger partial charge in [-0.15, -0.1) is 0 Å². The second-order valence-electron chi connectivity index (χ2n) is 2.70. The van der Waals surface area contributed by atoms with Gasteiger partial charge in [-0.1, -0.05) is 0 Å². The van der Waals surface area contributed by atoms with Gasteiger partial charge in [-0.05, 0) is 22.0 Å². The molecule has 0 aliphatic heterocycles. The Kier molecular flexibility index (Phi) is 3.41. The first kappa shape index (κ1) is 11.6. The Labute approximate surface area is 94.9 Å². The molecule has 82 valence electrons. The largest absolute Gasteiger partial charge is 0.492 e. The summed E-state index contributed by atoms with van der Waals surface area (Å²) in [7, 11) is 2.78. The van der Waals surface area contributed by atoms with E-state index in [9.17, 15) is 4.79 Å². The number of aromatic carboxylic acids is 1. The van der Waals surface area contributed by atoms with E-state index in [1.807, 2.05) is 0 Å². The highest BCUT2D eigenvalue weighted by atomic mass is 79.9. The lowest BCUT2D eigenvalue weighted by molar-refractivity contribution is 0.0692. The zero-order valence-electron chi connectivity index (χ0n) is 8.20. The average Bonchev–Trinajstić information content (AvgIpc) is 2.20. The first-order valence-corrected chi connectivity index (χ1v) is 4.75. The number of benzene rings is 1. The number of rotatable bonds is 3. The lowest BCUT2D eigenvalue weighted by Gasteiger charge is -2.13. The van der Waals surface area contributed by atoms with Crippen LogP contribution >= 0.6 is 15.9 Å². The van der Waals surface area contributed by atoms with Crippen LogP contribution in [0.5, 0.6) is 11.5 Å². The van der Waals surface area contributed by atoms with E-state index in [0.29, 0.717) is 4.47 Å². The van der Waals surface area contributed by atoms with E-state index in [1.165, 1.54) is 20.3 Å². The van der Waals surface area contributed by atoms with Crippen LogP contribution in [0.1, 0.15) is 10.4 Å². The molecule has 0 aliphatic carbocycles. The molecular weight excluding hydrogens is 266 g/mol. The van der Waals surface area contributed by atoms with Gasteiger partial charge in [-0.2, -0.15) is 0 Å². The summed E-state index contributed by atoms with van der Waals surface area (Å²) in [6.07, 6.45) is 0. The van der Waals surface area contributed by atoms with Gasteiger partial charge in [-0.25, -0.2) is 4.79 Å². The molecule has 0 bridgehead atoms. The SMILES string of the molecule is COc1c(C(=O)O)cc(N)c(Br)c1OC. The van der Waals surface area contributed by atoms with Crippen LogP contribution in [0.2, 0.25) is 0 Å². The number of ether oxygens (including phenoxy) is 2. The number of methoxy groups -OCH3 is 2. The maximum absolute atomic E-state index is 10.9. The molecule has 0 atom stereocenters. The highest BCUT2D eigenvalue weighted by molar-refractivity contribution is 9.10. The zero-order valence-corrected chi connectivity index (χ0v) is 9.79. The fourth-order valence-corrected chi connectivity index (χ4v) is 1.64. The Bertz CT molecular complexity index is 406. The molecule has 1 aromatic rings. The number of halogens is 1. The van der Waals surface area contributed by atoms with Crippen LogP contribution in [0.25, 0.3) is 0 Å². The van der Waals surface area contributed by atoms with E-state index in [2.05, 4.69) is 15.9 Å². The topological polar surface area (TPSA) is 81.8 Å². The predicted molar refractivity (Wildman–Crippen MR) is 58.6 cm³/mol. The third-order valence-corrected chi connectivity index (χ3v) is 2.66. The summed E-state index contributed by atoms with van der Waals surface area (Å²) < 4.78 is 10.5. The van der Waals surface area contributed by atoms with Crippen molar-refractivity contribution < 1.29 is 19.4 Å². The molecule has 0 unspecified atom stereocenters. The molecule has 15 heavy (non-hydrogen) atoms. The van der Waals surface area contributed by atoms with Gasteiger partial charge in [0.25, 0.3) is 0 Å². The Morgan fingerprint density at radius 2 is 1.93 bits per heavy atom. The maximum atomic E-state index is 10.9. The minimum absolute atomic E-state index is 0.0324. The summed E-state index contributed by atoms with van der Waals surface area (Å²) in [5.41, 5.74) is 5.86. The number of carboxylic acid groups (broad SMARTS) is 1. The van der Waals surface area contributed by atoms with Crippen LogP contribution in [0.15, 0.2) is 10.5 Å². The van der Waals surface area contributed by atoms with Crippen LogP contribution in [0.3, 0.4) is 0 Å². The fraction of sp³-hybridized carbons (Fsp3) is 0.222. The second kappa shape index (κ2) is 4.39. The van der Waals surface area contributed by atoms with E-state index < -0.39 is 5.97 Å². The monoisotopic (exact) mass is 275 g/mol. The molecule has 3 N–H and O–H groups in total. The number of nitrogens with two attached hydrogens (primary N) is 1. The predicted octanol–water partition coefficient (Wildman–Crippen LogP) is 1.75. The first-order chi connectivity index (χ1) is 7.02. The zero-order chi connectivity index (χ0) is 11.6. The Hall–Kier alpha value is -1.43. The molecule has 0 saturated carbocycles. The lowest BCUT2D eigenvalue weighted by atomic mass is 10.1. The average molecular weight is 276 g/mol. The second-order valence-corrected chi connectivity index (χ2v) is 3.49. The highest BCUT2D eigenvalue weighted by Gasteiger charge is 2.20. The van der Waals surface area contributed by atoms with E-state index in [1.54, 1.807) is 0 Å². The van der Waals surface area contributed by atoms with Gasteiger partial charge in [0.2, 0.25) is 0 Å². The van der Waals surface area contributed by atoms with Gasteiger partial charge in [-0.3, -0.25) is 0 Å². The molecule has 0 spiro atoms. The summed E-state index contributed by atoms with van der Waals surface area (Å²) in [5.74, 6) is -0.703. The smallest absolute Gasteiger partial charge is 0.339 e. The summed E-state index contributed by atoms with van der Waals surface area (Å²) in [4.78, 5) is 10.9. The van der Waals surface area contributed by atoms with Crippen molar-refractivity contribution in [3.8, 4) is 11.5 Å². The Morgan fingerprint density at radius 1 is 1.40 bits per heavy atom. The van der Waals surface area contributed by atoms with Crippen LogP contribution in [0.4, 0.5) is 5.69 Å². The van der Waals surface area contributed by atoms with Gasteiger partial charge in [0.1, 0.15) is 5.56 Å². The van der Waals surface area contributed by atoms with E-state index in [-0.39, 0.29) is 22.7 Å². The molecule has 6 heteroatoms. The molecule has 5 nitrogen and oxygen atoms in total. The van der Waals surface area contributed by atoms with Gasteiger partial charge in [0, 0.05) is 0 Å². The fourth-order valence-electron chi connectivity index (χ4n) is 1.18. The number of carboxylic acids is 1. The van der Waals surface area contributed by atoms with E-state index >= 15 is 0 Å². The normalized spacial score (nSPS) is 9.80. The minimum Gasteiger partial charge on any atom is -0.492 e. The molecule has 0 fully saturated rings. The van der Waals surface area contributed by atoms with Crippen molar-refractivity contribution in [3.05, 3.63) is 16.1 Å². The lowest BCUT2D eigenvalue weighted by Crippen LogP contribution is -2.05. The van der Waals surface area contributed by atoms with E-state index in [4.69, 9.17) is 20.3 Å². The number of hydrogen-bond donors (Lipinski definition) is 2. The molecule has 1 aromatic carbocycles. The van der Waals surface area contributed by atoms with Crippen molar-refractivity contribution in [2.75, 3.05) is 20.0 Å². The summed E-state index contributed by atoms with van der Waals surface area (Å²) in [5, 5.41) is 8.93. The van der Waals surface area contributed by atoms with E-state index in [0.717, 1.165) is 0 Å². The van der Waals surface area contributed by atoms with Gasteiger partial charge < -0.3 is 20.3 Å². The van der Waals surface area contributed by atoms with Crippen molar-refractivity contribution >= 4 is 27.6 Å².